The molecule has 2 aliphatic rings. The standard InChI is InChI=1S/C24H20N2O3.C13H14N2.C9H3ClO4/c1-15(27)18-7-12-21-22(14-18)24(29)26(23(21)28)20-10-5-17(6-11-20)13-16-3-8-19(25-2)9-4-16;14-12-5-1-10(2-6-12)9-11-3-7-13(15)8-4-11;10-7(11)4-1-2-5-6(3-4)9(13)14-8(5)12/h3-12,14,25H,13H2,1-2H3;1-8H,9,14-15H2;1-3H. The van der Waals surface area contributed by atoms with Gasteiger partial charge in [0.05, 0.1) is 27.9 Å². The Morgan fingerprint density at radius 3 is 1.50 bits per heavy atom. The highest BCUT2D eigenvalue weighted by atomic mass is 35.5. The van der Waals surface area contributed by atoms with Gasteiger partial charge in [-0.15, -0.1) is 0 Å². The van der Waals surface area contributed by atoms with Crippen LogP contribution in [0.3, 0.4) is 0 Å². The van der Waals surface area contributed by atoms with Gasteiger partial charge >= 0.3 is 11.9 Å². The number of fused-ring (bicyclic) bond motifs is 2. The molecule has 6 aromatic rings. The van der Waals surface area contributed by atoms with Crippen LogP contribution >= 0.6 is 11.6 Å². The quantitative estimate of drug-likeness (QED) is 0.0340. The van der Waals surface area contributed by atoms with Crippen LogP contribution in [0.15, 0.2) is 133 Å². The number of esters is 2. The Labute approximate surface area is 339 Å². The first-order valence-corrected chi connectivity index (χ1v) is 18.4. The maximum absolute atomic E-state index is 12.8. The number of carbonyl (C=O) groups excluding carboxylic acids is 6. The predicted molar refractivity (Wildman–Crippen MR) is 224 cm³/mol. The molecule has 0 saturated carbocycles. The Balaban J connectivity index is 0.000000163. The first kappa shape index (κ1) is 40.3. The third-order valence-electron chi connectivity index (χ3n) is 9.38. The number of ketones is 1. The fourth-order valence-electron chi connectivity index (χ4n) is 6.20. The van der Waals surface area contributed by atoms with Gasteiger partial charge in [0, 0.05) is 35.2 Å². The minimum absolute atomic E-state index is 0.0847. The van der Waals surface area contributed by atoms with Crippen LogP contribution in [0.1, 0.15) is 91.3 Å². The molecule has 0 aromatic heterocycles. The lowest BCUT2D eigenvalue weighted by Crippen LogP contribution is -2.29. The number of benzene rings is 6. The molecule has 12 heteroatoms. The average Bonchev–Trinajstić information content (AvgIpc) is 3.66. The van der Waals surface area contributed by atoms with Crippen LogP contribution < -0.4 is 21.7 Å². The smallest absolute Gasteiger partial charge is 0.346 e. The average molecular weight is 793 g/mol. The van der Waals surface area contributed by atoms with Crippen molar-refractivity contribution in [2.24, 2.45) is 0 Å². The number of anilines is 4. The van der Waals surface area contributed by atoms with Crippen molar-refractivity contribution in [3.8, 4) is 0 Å². The number of ether oxygens (including phenoxy) is 1. The normalized spacial score (nSPS) is 12.4. The zero-order valence-electron chi connectivity index (χ0n) is 31.5. The van der Waals surface area contributed by atoms with E-state index in [1.165, 1.54) is 52.8 Å². The summed E-state index contributed by atoms with van der Waals surface area (Å²) < 4.78 is 4.33. The minimum atomic E-state index is -0.746. The fourth-order valence-corrected chi connectivity index (χ4v) is 6.31. The first-order chi connectivity index (χ1) is 27.8. The monoisotopic (exact) mass is 792 g/mol. The summed E-state index contributed by atoms with van der Waals surface area (Å²) in [5.74, 6) is -2.35. The lowest BCUT2D eigenvalue weighted by Gasteiger charge is -2.14. The van der Waals surface area contributed by atoms with E-state index in [4.69, 9.17) is 23.1 Å². The van der Waals surface area contributed by atoms with Gasteiger partial charge in [0.1, 0.15) is 0 Å². The third kappa shape index (κ3) is 9.35. The Morgan fingerprint density at radius 2 is 1.00 bits per heavy atom. The molecule has 5 N–H and O–H groups in total. The first-order valence-electron chi connectivity index (χ1n) is 18.0. The minimum Gasteiger partial charge on any atom is -0.399 e. The van der Waals surface area contributed by atoms with Crippen molar-refractivity contribution in [2.75, 3.05) is 28.7 Å². The highest BCUT2D eigenvalue weighted by molar-refractivity contribution is 6.67. The molecule has 0 saturated heterocycles. The molecule has 0 unspecified atom stereocenters. The van der Waals surface area contributed by atoms with E-state index in [1.54, 1.807) is 24.3 Å². The second-order valence-electron chi connectivity index (χ2n) is 13.4. The molecule has 0 atom stereocenters. The number of imide groups is 1. The Kier molecular flexibility index (Phi) is 12.2. The largest absolute Gasteiger partial charge is 0.399 e. The molecule has 290 valence electrons. The van der Waals surface area contributed by atoms with E-state index in [-0.39, 0.29) is 33.9 Å². The maximum Gasteiger partial charge on any atom is 0.346 e. The van der Waals surface area contributed by atoms with E-state index in [0.29, 0.717) is 16.8 Å². The highest BCUT2D eigenvalue weighted by Crippen LogP contribution is 2.30. The van der Waals surface area contributed by atoms with Crippen molar-refractivity contribution in [1.82, 2.24) is 0 Å². The van der Waals surface area contributed by atoms with E-state index in [9.17, 15) is 28.8 Å². The number of nitrogens with zero attached hydrogens (tertiary/aromatic N) is 1. The van der Waals surface area contributed by atoms with Crippen LogP contribution in [0.25, 0.3) is 0 Å². The number of hydrogen-bond acceptors (Lipinski definition) is 10. The molecule has 2 heterocycles. The summed E-state index contributed by atoms with van der Waals surface area (Å²) in [5, 5.41) is 2.41. The van der Waals surface area contributed by atoms with Crippen molar-refractivity contribution in [3.05, 3.63) is 189 Å². The van der Waals surface area contributed by atoms with Crippen LogP contribution in [0.5, 0.6) is 0 Å². The van der Waals surface area contributed by atoms with E-state index in [0.717, 1.165) is 35.5 Å². The summed E-state index contributed by atoms with van der Waals surface area (Å²) in [6.07, 6.45) is 1.68. The number of halogens is 1. The highest BCUT2D eigenvalue weighted by Gasteiger charge is 2.37. The lowest BCUT2D eigenvalue weighted by atomic mass is 10.0. The zero-order chi connectivity index (χ0) is 41.5. The van der Waals surface area contributed by atoms with Gasteiger partial charge in [-0.1, -0.05) is 54.6 Å². The van der Waals surface area contributed by atoms with Gasteiger partial charge in [-0.05, 0) is 132 Å². The van der Waals surface area contributed by atoms with Crippen molar-refractivity contribution in [1.29, 1.82) is 0 Å². The van der Waals surface area contributed by atoms with Crippen LogP contribution in [0, 0.1) is 0 Å². The lowest BCUT2D eigenvalue weighted by molar-refractivity contribution is 0.0442. The topological polar surface area (TPSA) is 179 Å². The number of amides is 2. The molecule has 6 aromatic carbocycles. The number of carbonyl (C=O) groups is 6. The summed E-state index contributed by atoms with van der Waals surface area (Å²) in [4.78, 5) is 71.1. The summed E-state index contributed by atoms with van der Waals surface area (Å²) in [5.41, 5.74) is 20.6. The Morgan fingerprint density at radius 1 is 0.569 bits per heavy atom. The molecular formula is C46H37ClN4O7. The molecule has 8 rings (SSSR count). The second-order valence-corrected chi connectivity index (χ2v) is 13.8. The molecule has 58 heavy (non-hydrogen) atoms. The third-order valence-corrected chi connectivity index (χ3v) is 9.60. The summed E-state index contributed by atoms with van der Waals surface area (Å²) >= 11 is 5.21. The van der Waals surface area contributed by atoms with Crippen LogP contribution in [0.4, 0.5) is 22.7 Å². The number of cyclic esters (lactones) is 2. The summed E-state index contributed by atoms with van der Waals surface area (Å²) in [7, 11) is 1.88. The van der Waals surface area contributed by atoms with Crippen molar-refractivity contribution in [2.45, 2.75) is 19.8 Å². The van der Waals surface area contributed by atoms with E-state index < -0.39 is 23.1 Å². The molecule has 0 spiro atoms. The van der Waals surface area contributed by atoms with E-state index in [1.807, 2.05) is 79.8 Å². The number of hydrogen-bond donors (Lipinski definition) is 3. The molecule has 0 bridgehead atoms. The predicted octanol–water partition coefficient (Wildman–Crippen LogP) is 8.14. The van der Waals surface area contributed by atoms with Crippen LogP contribution in [0.2, 0.25) is 0 Å². The Bertz CT molecular complexity index is 2510. The number of nitrogen functional groups attached to an aromatic ring is 2. The molecule has 2 aliphatic heterocycles. The number of rotatable bonds is 8. The van der Waals surface area contributed by atoms with Crippen LogP contribution in [-0.4, -0.2) is 41.8 Å². The van der Waals surface area contributed by atoms with Gasteiger partial charge in [0.15, 0.2) is 5.78 Å². The molecule has 2 amide bonds. The van der Waals surface area contributed by atoms with Gasteiger partial charge in [0.25, 0.3) is 17.1 Å². The Hall–Kier alpha value is -7.37. The van der Waals surface area contributed by atoms with E-state index in [2.05, 4.69) is 22.2 Å². The van der Waals surface area contributed by atoms with Gasteiger partial charge in [-0.25, -0.2) is 14.5 Å². The summed E-state index contributed by atoms with van der Waals surface area (Å²) in [6.45, 7) is 1.44. The molecule has 0 fully saturated rings. The van der Waals surface area contributed by atoms with Gasteiger partial charge in [-0.3, -0.25) is 19.2 Å². The molecule has 11 nitrogen and oxygen atoms in total. The number of Topliss-reactive ketones (excluding diaryl/α,β-unsaturated/α-hetero) is 1. The number of nitrogens with two attached hydrogens (primary N) is 2. The number of nitrogens with one attached hydrogen (secondary N) is 1. The van der Waals surface area contributed by atoms with Crippen molar-refractivity contribution < 1.29 is 33.5 Å². The molecular weight excluding hydrogens is 756 g/mol. The van der Waals surface area contributed by atoms with Gasteiger partial charge in [0.2, 0.25) is 0 Å². The van der Waals surface area contributed by atoms with E-state index >= 15 is 0 Å². The van der Waals surface area contributed by atoms with Crippen molar-refractivity contribution in [3.63, 3.8) is 0 Å². The van der Waals surface area contributed by atoms with Gasteiger partial charge in [-0.2, -0.15) is 0 Å². The van der Waals surface area contributed by atoms with Crippen LogP contribution in [-0.2, 0) is 17.6 Å². The summed E-state index contributed by atoms with van der Waals surface area (Å²) in [6, 6.07) is 40.1. The van der Waals surface area contributed by atoms with Gasteiger partial charge < -0.3 is 21.5 Å². The SMILES string of the molecule is CNc1ccc(Cc2ccc(N3C(=O)c4ccc(C(C)=O)cc4C3=O)cc2)cc1.Nc1ccc(Cc2ccc(N)cc2)cc1.O=C(Cl)c1ccc2c(c1)C(=O)OC2=O. The molecule has 0 radical (unpaired) electrons. The fraction of sp³-hybridized carbons (Fsp3) is 0.0870. The zero-order valence-corrected chi connectivity index (χ0v) is 32.2. The molecule has 0 aliphatic carbocycles. The van der Waals surface area contributed by atoms with Crippen molar-refractivity contribution >= 4 is 69.1 Å². The second kappa shape index (κ2) is 17.6. The maximum atomic E-state index is 12.8.